The molecule has 1 heterocycles. The summed E-state index contributed by atoms with van der Waals surface area (Å²) in [5.74, 6) is 0. The molecule has 82 valence electrons. The van der Waals surface area contributed by atoms with Gasteiger partial charge in [-0.15, -0.1) is 0 Å². The third-order valence-corrected chi connectivity index (χ3v) is 2.94. The van der Waals surface area contributed by atoms with Crippen LogP contribution in [0.3, 0.4) is 0 Å². The summed E-state index contributed by atoms with van der Waals surface area (Å²) in [6, 6.07) is 3.94. The van der Waals surface area contributed by atoms with E-state index in [1.807, 2.05) is 19.1 Å². The van der Waals surface area contributed by atoms with E-state index in [1.54, 1.807) is 18.1 Å². The van der Waals surface area contributed by atoms with Gasteiger partial charge >= 0.3 is 0 Å². The van der Waals surface area contributed by atoms with Crippen LogP contribution in [0.15, 0.2) is 27.2 Å². The van der Waals surface area contributed by atoms with E-state index in [1.165, 1.54) is 0 Å². The van der Waals surface area contributed by atoms with Crippen molar-refractivity contribution < 1.29 is 0 Å². The molecule has 1 aromatic rings. The van der Waals surface area contributed by atoms with Gasteiger partial charge in [-0.25, -0.2) is 4.40 Å². The van der Waals surface area contributed by atoms with E-state index in [9.17, 15) is 0 Å². The average Bonchev–Trinajstić information content (AvgIpc) is 2.14. The summed E-state index contributed by atoms with van der Waals surface area (Å²) in [6.45, 7) is 8.41. The fourth-order valence-corrected chi connectivity index (χ4v) is 1.58. The maximum absolute atomic E-state index is 4.45. The molecular weight excluding hydrogens is 272 g/mol. The first-order valence-corrected chi connectivity index (χ1v) is 6.30. The zero-order valence-electron chi connectivity index (χ0n) is 9.41. The van der Waals surface area contributed by atoms with Crippen LogP contribution in [-0.4, -0.2) is 15.4 Å². The van der Waals surface area contributed by atoms with Gasteiger partial charge in [0.25, 0.3) is 0 Å². The molecule has 0 unspecified atom stereocenters. The molecule has 0 saturated carbocycles. The van der Waals surface area contributed by atoms with Crippen LogP contribution in [0.25, 0.3) is 0 Å². The van der Waals surface area contributed by atoms with Gasteiger partial charge in [0.2, 0.25) is 0 Å². The van der Waals surface area contributed by atoms with Crippen LogP contribution in [-0.2, 0) is 0 Å². The van der Waals surface area contributed by atoms with Crippen molar-refractivity contribution in [3.63, 3.8) is 0 Å². The summed E-state index contributed by atoms with van der Waals surface area (Å²) in [4.78, 5) is 4.29. The van der Waals surface area contributed by atoms with Crippen LogP contribution in [0.1, 0.15) is 33.4 Å². The van der Waals surface area contributed by atoms with E-state index in [0.29, 0.717) is 0 Å². The molecule has 0 atom stereocenters. The second-order valence-electron chi connectivity index (χ2n) is 4.24. The van der Waals surface area contributed by atoms with Gasteiger partial charge in [0.15, 0.2) is 0 Å². The lowest BCUT2D eigenvalue weighted by atomic mass is 10.3. The maximum Gasteiger partial charge on any atom is 0.0849 e. The van der Waals surface area contributed by atoms with Gasteiger partial charge in [-0.1, -0.05) is 0 Å². The summed E-state index contributed by atoms with van der Waals surface area (Å²) < 4.78 is 5.59. The van der Waals surface area contributed by atoms with E-state index in [0.717, 1.165) is 15.9 Å². The minimum Gasteiger partial charge on any atom is -0.254 e. The van der Waals surface area contributed by atoms with E-state index < -0.39 is 0 Å². The van der Waals surface area contributed by atoms with Crippen LogP contribution < -0.4 is 0 Å². The van der Waals surface area contributed by atoms with Crippen molar-refractivity contribution in [1.29, 1.82) is 0 Å². The van der Waals surface area contributed by atoms with Gasteiger partial charge in [-0.2, -0.15) is 0 Å². The van der Waals surface area contributed by atoms with Crippen molar-refractivity contribution in [1.82, 2.24) is 4.98 Å². The Labute approximate surface area is 104 Å². The van der Waals surface area contributed by atoms with E-state index in [-0.39, 0.29) is 4.75 Å². The highest BCUT2D eigenvalue weighted by molar-refractivity contribution is 9.10. The van der Waals surface area contributed by atoms with E-state index in [2.05, 4.69) is 46.1 Å². The Morgan fingerprint density at radius 1 is 1.40 bits per heavy atom. The third-order valence-electron chi connectivity index (χ3n) is 1.55. The van der Waals surface area contributed by atoms with Gasteiger partial charge in [-0.05, 0) is 67.7 Å². The molecule has 0 saturated heterocycles. The number of rotatable bonds is 2. The Hall–Kier alpha value is -0.350. The molecule has 1 aromatic heterocycles. The Balaban J connectivity index is 2.76. The van der Waals surface area contributed by atoms with Crippen molar-refractivity contribution >= 4 is 33.6 Å². The van der Waals surface area contributed by atoms with E-state index >= 15 is 0 Å². The first-order valence-electron chi connectivity index (χ1n) is 4.73. The molecular formula is C11H15BrN2S. The van der Waals surface area contributed by atoms with Gasteiger partial charge in [0, 0.05) is 15.4 Å². The monoisotopic (exact) mass is 286 g/mol. The van der Waals surface area contributed by atoms with Crippen molar-refractivity contribution in [3.05, 3.63) is 28.5 Å². The molecule has 0 aromatic carbocycles. The molecule has 0 radical (unpaired) electrons. The Kier molecular flexibility index (Phi) is 4.34. The fourth-order valence-electron chi connectivity index (χ4n) is 0.842. The van der Waals surface area contributed by atoms with Gasteiger partial charge < -0.3 is 0 Å². The smallest absolute Gasteiger partial charge is 0.0849 e. The number of pyridine rings is 1. The first kappa shape index (κ1) is 12.7. The van der Waals surface area contributed by atoms with Crippen molar-refractivity contribution in [3.8, 4) is 0 Å². The highest BCUT2D eigenvalue weighted by Gasteiger charge is 2.10. The third kappa shape index (κ3) is 4.80. The SMILES string of the molecule is C/C(=N\SC(C)(C)C)c1ccc(Br)cn1. The largest absolute Gasteiger partial charge is 0.254 e. The molecule has 0 fully saturated rings. The number of halogens is 1. The molecule has 15 heavy (non-hydrogen) atoms. The number of aromatic nitrogens is 1. The molecule has 0 aliphatic rings. The molecule has 0 amide bonds. The van der Waals surface area contributed by atoms with Crippen molar-refractivity contribution in [2.45, 2.75) is 32.4 Å². The molecule has 2 nitrogen and oxygen atoms in total. The summed E-state index contributed by atoms with van der Waals surface area (Å²) in [6.07, 6.45) is 1.79. The van der Waals surface area contributed by atoms with Crippen LogP contribution in [0.2, 0.25) is 0 Å². The summed E-state index contributed by atoms with van der Waals surface area (Å²) in [7, 11) is 0. The van der Waals surface area contributed by atoms with Crippen LogP contribution in [0.5, 0.6) is 0 Å². The lowest BCUT2D eigenvalue weighted by molar-refractivity contribution is 0.804. The van der Waals surface area contributed by atoms with Crippen LogP contribution >= 0.6 is 27.9 Å². The van der Waals surface area contributed by atoms with Gasteiger partial charge in [0.05, 0.1) is 11.4 Å². The predicted octanol–water partition coefficient (Wildman–Crippen LogP) is 4.10. The van der Waals surface area contributed by atoms with Crippen LogP contribution in [0, 0.1) is 0 Å². The molecule has 0 aliphatic heterocycles. The maximum atomic E-state index is 4.45. The van der Waals surface area contributed by atoms with Crippen molar-refractivity contribution in [2.75, 3.05) is 0 Å². The highest BCUT2D eigenvalue weighted by Crippen LogP contribution is 2.24. The molecule has 0 spiro atoms. The number of hydrogen-bond donors (Lipinski definition) is 0. The summed E-state index contributed by atoms with van der Waals surface area (Å²) >= 11 is 4.93. The molecule has 1 rings (SSSR count). The second kappa shape index (κ2) is 5.12. The molecule has 0 N–H and O–H groups in total. The molecule has 4 heteroatoms. The lowest BCUT2D eigenvalue weighted by Gasteiger charge is -2.13. The normalized spacial score (nSPS) is 13.0. The van der Waals surface area contributed by atoms with Crippen molar-refractivity contribution in [2.24, 2.45) is 4.40 Å². The zero-order chi connectivity index (χ0) is 11.5. The zero-order valence-corrected chi connectivity index (χ0v) is 11.8. The minimum absolute atomic E-state index is 0.149. The summed E-state index contributed by atoms with van der Waals surface area (Å²) in [5, 5.41) is 0. The Morgan fingerprint density at radius 3 is 2.53 bits per heavy atom. The Bertz CT molecular complexity index is 352. The second-order valence-corrected chi connectivity index (χ2v) is 6.75. The van der Waals surface area contributed by atoms with Gasteiger partial charge in [0.1, 0.15) is 0 Å². The Morgan fingerprint density at radius 2 is 2.07 bits per heavy atom. The van der Waals surface area contributed by atoms with Gasteiger partial charge in [-0.3, -0.25) is 4.98 Å². The lowest BCUT2D eigenvalue weighted by Crippen LogP contribution is -2.06. The predicted molar refractivity (Wildman–Crippen MR) is 71.5 cm³/mol. The average molecular weight is 287 g/mol. The minimum atomic E-state index is 0.149. The highest BCUT2D eigenvalue weighted by atomic mass is 79.9. The fraction of sp³-hybridized carbons (Fsp3) is 0.455. The first-order chi connectivity index (χ1) is 6.88. The molecule has 0 aliphatic carbocycles. The summed E-state index contributed by atoms with van der Waals surface area (Å²) in [5.41, 5.74) is 1.89. The number of hydrogen-bond acceptors (Lipinski definition) is 3. The standard InChI is InChI=1S/C11H15BrN2S/c1-8(14-15-11(2,3)4)10-6-5-9(12)7-13-10/h5-7H,1-4H3/b14-8+. The van der Waals surface area contributed by atoms with E-state index in [4.69, 9.17) is 0 Å². The quantitative estimate of drug-likeness (QED) is 0.604. The topological polar surface area (TPSA) is 25.2 Å². The van der Waals surface area contributed by atoms with Crippen LogP contribution in [0.4, 0.5) is 0 Å². The number of nitrogens with zero attached hydrogens (tertiary/aromatic N) is 2. The molecule has 0 bridgehead atoms.